The van der Waals surface area contributed by atoms with Crippen molar-refractivity contribution in [2.75, 3.05) is 5.75 Å². The second kappa shape index (κ2) is 6.52. The molecule has 0 saturated heterocycles. The van der Waals surface area contributed by atoms with Crippen LogP contribution in [0.15, 0.2) is 40.1 Å². The number of sulfone groups is 1. The summed E-state index contributed by atoms with van der Waals surface area (Å²) in [6.45, 7) is 1.50. The molecule has 0 amide bonds. The molecule has 0 aliphatic rings. The van der Waals surface area contributed by atoms with Crippen LogP contribution in [0.5, 0.6) is 0 Å². The van der Waals surface area contributed by atoms with Crippen LogP contribution in [0.4, 0.5) is 13.2 Å². The van der Waals surface area contributed by atoms with E-state index >= 15 is 0 Å². The highest BCUT2D eigenvalue weighted by Gasteiger charge is 2.33. The van der Waals surface area contributed by atoms with E-state index in [1.807, 2.05) is 0 Å². The van der Waals surface area contributed by atoms with Crippen molar-refractivity contribution >= 4 is 42.6 Å². The van der Waals surface area contributed by atoms with E-state index < -0.39 is 21.6 Å². The van der Waals surface area contributed by atoms with Crippen LogP contribution in [0, 0.1) is 0 Å². The number of aromatic nitrogens is 5. The van der Waals surface area contributed by atoms with Gasteiger partial charge in [0.15, 0.2) is 26.3 Å². The van der Waals surface area contributed by atoms with Crippen molar-refractivity contribution in [1.29, 1.82) is 0 Å². The molecule has 12 heteroatoms. The summed E-state index contributed by atoms with van der Waals surface area (Å²) in [7, 11) is -2.19. The van der Waals surface area contributed by atoms with Gasteiger partial charge in [-0.05, 0) is 34.1 Å². The lowest BCUT2D eigenvalue weighted by Crippen LogP contribution is -2.09. The molecule has 4 heterocycles. The zero-order chi connectivity index (χ0) is 21.1. The molecule has 0 fully saturated rings. The maximum Gasteiger partial charge on any atom is 0.417 e. The first-order valence-electron chi connectivity index (χ1n) is 8.33. The van der Waals surface area contributed by atoms with Crippen LogP contribution in [-0.2, 0) is 23.1 Å². The van der Waals surface area contributed by atoms with Crippen molar-refractivity contribution < 1.29 is 21.6 Å². The number of halogens is 4. The van der Waals surface area contributed by atoms with Crippen molar-refractivity contribution in [1.82, 2.24) is 23.9 Å². The van der Waals surface area contributed by atoms with Gasteiger partial charge in [0.05, 0.1) is 11.3 Å². The topological polar surface area (TPSA) is 82.1 Å². The Bertz CT molecular complexity index is 1380. The SMILES string of the molecule is CCS(=O)(=O)c1c(-c2nc3cc(C(F)(F)F)cnc3n2C)nc2ccc(Br)cn12. The largest absolute Gasteiger partial charge is 0.417 e. The van der Waals surface area contributed by atoms with E-state index in [2.05, 4.69) is 30.9 Å². The van der Waals surface area contributed by atoms with E-state index in [-0.39, 0.29) is 33.5 Å². The molecule has 0 aliphatic carbocycles. The van der Waals surface area contributed by atoms with Crippen LogP contribution in [0.3, 0.4) is 0 Å². The van der Waals surface area contributed by atoms with Crippen molar-refractivity contribution in [3.05, 3.63) is 40.6 Å². The first-order chi connectivity index (χ1) is 13.5. The molecule has 0 saturated carbocycles. The molecule has 29 heavy (non-hydrogen) atoms. The predicted octanol–water partition coefficient (Wildman–Crippen LogP) is 3.86. The Morgan fingerprint density at radius 3 is 2.59 bits per heavy atom. The third-order valence-electron chi connectivity index (χ3n) is 4.46. The second-order valence-corrected chi connectivity index (χ2v) is 9.41. The van der Waals surface area contributed by atoms with Gasteiger partial charge in [0.2, 0.25) is 0 Å². The summed E-state index contributed by atoms with van der Waals surface area (Å²) in [5.41, 5.74) is -0.332. The monoisotopic (exact) mass is 487 g/mol. The fraction of sp³-hybridized carbons (Fsp3) is 0.235. The Labute approximate surface area is 171 Å². The summed E-state index contributed by atoms with van der Waals surface area (Å²) in [5.74, 6) is -0.0700. The molecule has 152 valence electrons. The van der Waals surface area contributed by atoms with Gasteiger partial charge in [0.25, 0.3) is 0 Å². The minimum absolute atomic E-state index is 0.00425. The zero-order valence-electron chi connectivity index (χ0n) is 15.1. The van der Waals surface area contributed by atoms with E-state index in [0.29, 0.717) is 10.1 Å². The summed E-state index contributed by atoms with van der Waals surface area (Å²) < 4.78 is 68.2. The highest BCUT2D eigenvalue weighted by molar-refractivity contribution is 9.10. The smallest absolute Gasteiger partial charge is 0.310 e. The molecule has 0 aliphatic heterocycles. The summed E-state index contributed by atoms with van der Waals surface area (Å²) in [6, 6.07) is 4.22. The Balaban J connectivity index is 2.06. The van der Waals surface area contributed by atoms with Crippen LogP contribution in [0.25, 0.3) is 28.3 Å². The average Bonchev–Trinajstić information content (AvgIpc) is 3.18. The van der Waals surface area contributed by atoms with Crippen LogP contribution >= 0.6 is 15.9 Å². The highest BCUT2D eigenvalue weighted by atomic mass is 79.9. The van der Waals surface area contributed by atoms with Gasteiger partial charge in [0.1, 0.15) is 16.9 Å². The summed E-state index contributed by atoms with van der Waals surface area (Å²) in [5, 5.41) is -0.0780. The summed E-state index contributed by atoms with van der Waals surface area (Å²) in [4.78, 5) is 12.5. The molecule has 0 atom stereocenters. The van der Waals surface area contributed by atoms with Crippen LogP contribution in [0.1, 0.15) is 12.5 Å². The number of hydrogen-bond acceptors (Lipinski definition) is 5. The molecule has 4 aromatic heterocycles. The fourth-order valence-electron chi connectivity index (χ4n) is 3.02. The van der Waals surface area contributed by atoms with Gasteiger partial charge < -0.3 is 4.57 Å². The molecule has 0 radical (unpaired) electrons. The van der Waals surface area contributed by atoms with E-state index in [9.17, 15) is 21.6 Å². The molecule has 0 aromatic carbocycles. The van der Waals surface area contributed by atoms with Crippen molar-refractivity contribution in [2.24, 2.45) is 7.05 Å². The number of pyridine rings is 2. The van der Waals surface area contributed by atoms with Crippen LogP contribution in [-0.4, -0.2) is 38.1 Å². The van der Waals surface area contributed by atoms with Gasteiger partial charge in [0, 0.05) is 23.9 Å². The first kappa shape index (κ1) is 19.8. The average molecular weight is 488 g/mol. The van der Waals surface area contributed by atoms with E-state index in [0.717, 1.165) is 12.3 Å². The summed E-state index contributed by atoms with van der Waals surface area (Å²) >= 11 is 3.31. The number of alkyl halides is 3. The normalized spacial score (nSPS) is 12.9. The summed E-state index contributed by atoms with van der Waals surface area (Å²) in [6.07, 6.45) is -2.28. The van der Waals surface area contributed by atoms with Gasteiger partial charge >= 0.3 is 6.18 Å². The van der Waals surface area contributed by atoms with Crippen molar-refractivity contribution in [3.63, 3.8) is 0 Å². The fourth-order valence-corrected chi connectivity index (χ4v) is 4.51. The van der Waals surface area contributed by atoms with E-state index in [4.69, 9.17) is 0 Å². The standard InChI is InChI=1S/C17H13BrF3N5O2S/c1-3-29(27,28)16-13(24-12-5-4-10(18)8-26(12)16)15-23-11-6-9(17(19,20)21)7-22-14(11)25(15)2/h4-8H,3H2,1-2H3. The lowest BCUT2D eigenvalue weighted by Gasteiger charge is -2.06. The Hall–Kier alpha value is -2.47. The molecular weight excluding hydrogens is 475 g/mol. The molecule has 0 bridgehead atoms. The number of fused-ring (bicyclic) bond motifs is 2. The zero-order valence-corrected chi connectivity index (χ0v) is 17.5. The second-order valence-electron chi connectivity index (χ2n) is 6.30. The molecule has 0 N–H and O–H groups in total. The highest BCUT2D eigenvalue weighted by Crippen LogP contribution is 2.33. The number of rotatable bonds is 3. The predicted molar refractivity (Wildman–Crippen MR) is 103 cm³/mol. The molecule has 4 rings (SSSR count). The number of nitrogens with zero attached hydrogens (tertiary/aromatic N) is 5. The van der Waals surface area contributed by atoms with Crippen molar-refractivity contribution in [3.8, 4) is 11.5 Å². The Morgan fingerprint density at radius 2 is 1.93 bits per heavy atom. The third-order valence-corrected chi connectivity index (χ3v) is 6.67. The molecule has 0 unspecified atom stereocenters. The van der Waals surface area contributed by atoms with Gasteiger partial charge in [-0.25, -0.2) is 23.4 Å². The Morgan fingerprint density at radius 1 is 1.21 bits per heavy atom. The minimum atomic E-state index is -4.56. The number of hydrogen-bond donors (Lipinski definition) is 0. The maximum absolute atomic E-state index is 13.0. The first-order valence-corrected chi connectivity index (χ1v) is 10.8. The van der Waals surface area contributed by atoms with Gasteiger partial charge in [-0.2, -0.15) is 13.2 Å². The third kappa shape index (κ3) is 3.19. The molecule has 4 aromatic rings. The van der Waals surface area contributed by atoms with Crippen molar-refractivity contribution in [2.45, 2.75) is 18.1 Å². The van der Waals surface area contributed by atoms with Gasteiger partial charge in [-0.1, -0.05) is 6.92 Å². The molecular formula is C17H13BrF3N5O2S. The lowest BCUT2D eigenvalue weighted by atomic mass is 10.2. The maximum atomic E-state index is 13.0. The van der Waals surface area contributed by atoms with Crippen LogP contribution < -0.4 is 0 Å². The number of aryl methyl sites for hydroxylation is 1. The quantitative estimate of drug-likeness (QED) is 0.438. The van der Waals surface area contributed by atoms with E-state index in [1.165, 1.54) is 15.9 Å². The minimum Gasteiger partial charge on any atom is -0.310 e. The lowest BCUT2D eigenvalue weighted by molar-refractivity contribution is -0.137. The van der Waals surface area contributed by atoms with Crippen LogP contribution in [0.2, 0.25) is 0 Å². The Kier molecular flexibility index (Phi) is 4.46. The van der Waals surface area contributed by atoms with Gasteiger partial charge in [-0.15, -0.1) is 0 Å². The molecule has 0 spiro atoms. The molecule has 7 nitrogen and oxygen atoms in total. The van der Waals surface area contributed by atoms with E-state index in [1.54, 1.807) is 25.4 Å². The van der Waals surface area contributed by atoms with Gasteiger partial charge in [-0.3, -0.25) is 4.40 Å². The number of imidazole rings is 2.